The van der Waals surface area contributed by atoms with Crippen molar-refractivity contribution in [1.82, 2.24) is 4.31 Å². The molecule has 6 nitrogen and oxygen atoms in total. The Hall–Kier alpha value is -3.17. The first-order valence-corrected chi connectivity index (χ1v) is 11.9. The second-order valence-electron chi connectivity index (χ2n) is 6.99. The molecule has 3 aromatic carbocycles. The number of carbonyl (C=O) groups is 1. The molecule has 9 heteroatoms. The molecule has 4 rings (SSSR count). The maximum atomic E-state index is 13.8. The number of benzene rings is 3. The highest BCUT2D eigenvalue weighted by Crippen LogP contribution is 2.43. The van der Waals surface area contributed by atoms with Crippen LogP contribution in [0.5, 0.6) is 5.75 Å². The van der Waals surface area contributed by atoms with Gasteiger partial charge in [0.05, 0.1) is 12.0 Å². The topological polar surface area (TPSA) is 76.0 Å². The quantitative estimate of drug-likeness (QED) is 0.534. The first kappa shape index (κ1) is 22.0. The number of hydrogen-bond donors (Lipinski definition) is 0. The Bertz CT molecular complexity index is 1310. The molecule has 1 saturated heterocycles. The fourth-order valence-corrected chi connectivity index (χ4v) is 6.15. The van der Waals surface area contributed by atoms with E-state index < -0.39 is 27.0 Å². The van der Waals surface area contributed by atoms with Crippen LogP contribution in [-0.4, -0.2) is 30.9 Å². The number of aryl methyl sites for hydroxylation is 1. The third kappa shape index (κ3) is 4.01. The fraction of sp³-hybridized carbons (Fsp3) is 0.130. The molecule has 0 aromatic heterocycles. The van der Waals surface area contributed by atoms with Gasteiger partial charge in [0.25, 0.3) is 15.9 Å². The SMILES string of the molecule is COc1ccccc1N=C1S[C@H](c2ccccc2)C(=O)N1S(=O)(=O)c1ccc(F)c(C)c1. The van der Waals surface area contributed by atoms with Gasteiger partial charge in [0.15, 0.2) is 5.17 Å². The van der Waals surface area contributed by atoms with Crippen molar-refractivity contribution in [2.45, 2.75) is 17.1 Å². The lowest BCUT2D eigenvalue weighted by molar-refractivity contribution is -0.122. The van der Waals surface area contributed by atoms with Crippen LogP contribution in [0.4, 0.5) is 10.1 Å². The molecular formula is C23H19FN2O4S2. The number of amides is 1. The number of nitrogens with zero attached hydrogens (tertiary/aromatic N) is 2. The summed E-state index contributed by atoms with van der Waals surface area (Å²) in [4.78, 5) is 17.7. The van der Waals surface area contributed by atoms with E-state index in [-0.39, 0.29) is 15.6 Å². The van der Waals surface area contributed by atoms with Crippen molar-refractivity contribution in [2.75, 3.05) is 7.11 Å². The van der Waals surface area contributed by atoms with Crippen molar-refractivity contribution in [3.05, 3.63) is 89.7 Å². The highest BCUT2D eigenvalue weighted by Gasteiger charge is 2.46. The Labute approximate surface area is 189 Å². The zero-order valence-electron chi connectivity index (χ0n) is 17.2. The third-order valence-corrected chi connectivity index (χ3v) is 7.89. The van der Waals surface area contributed by atoms with Crippen molar-refractivity contribution < 1.29 is 22.3 Å². The van der Waals surface area contributed by atoms with Crippen LogP contribution in [-0.2, 0) is 14.8 Å². The Morgan fingerprint density at radius 3 is 2.41 bits per heavy atom. The number of carbonyl (C=O) groups excluding carboxylic acids is 1. The molecule has 3 aromatic rings. The minimum absolute atomic E-state index is 0.00432. The smallest absolute Gasteiger partial charge is 0.272 e. The monoisotopic (exact) mass is 470 g/mol. The molecule has 1 heterocycles. The summed E-state index contributed by atoms with van der Waals surface area (Å²) in [6.45, 7) is 1.46. The number of rotatable bonds is 5. The van der Waals surface area contributed by atoms with E-state index in [1.807, 2.05) is 6.07 Å². The summed E-state index contributed by atoms with van der Waals surface area (Å²) < 4.78 is 46.8. The Morgan fingerprint density at radius 2 is 1.72 bits per heavy atom. The van der Waals surface area contributed by atoms with E-state index in [0.29, 0.717) is 21.3 Å². The van der Waals surface area contributed by atoms with Gasteiger partial charge in [-0.3, -0.25) is 4.79 Å². The number of hydrogen-bond acceptors (Lipinski definition) is 6. The van der Waals surface area contributed by atoms with Gasteiger partial charge in [-0.2, -0.15) is 4.31 Å². The molecule has 164 valence electrons. The van der Waals surface area contributed by atoms with Crippen LogP contribution in [0, 0.1) is 12.7 Å². The molecule has 0 unspecified atom stereocenters. The van der Waals surface area contributed by atoms with E-state index in [0.717, 1.165) is 23.9 Å². The predicted molar refractivity (Wildman–Crippen MR) is 122 cm³/mol. The molecule has 1 atom stereocenters. The molecule has 0 N–H and O–H groups in total. The van der Waals surface area contributed by atoms with E-state index in [4.69, 9.17) is 4.74 Å². The summed E-state index contributed by atoms with van der Waals surface area (Å²) in [5, 5.41) is -0.795. The molecule has 1 fully saturated rings. The molecule has 0 bridgehead atoms. The van der Waals surface area contributed by atoms with Crippen LogP contribution < -0.4 is 4.74 Å². The highest BCUT2D eigenvalue weighted by molar-refractivity contribution is 8.16. The summed E-state index contributed by atoms with van der Waals surface area (Å²) in [5.41, 5.74) is 1.20. The molecule has 1 aliphatic rings. The second kappa shape index (κ2) is 8.76. The van der Waals surface area contributed by atoms with E-state index in [2.05, 4.69) is 4.99 Å². The van der Waals surface area contributed by atoms with Gasteiger partial charge in [0, 0.05) is 0 Å². The molecule has 1 aliphatic heterocycles. The van der Waals surface area contributed by atoms with Gasteiger partial charge >= 0.3 is 0 Å². The van der Waals surface area contributed by atoms with Crippen LogP contribution in [0.25, 0.3) is 0 Å². The molecule has 1 amide bonds. The predicted octanol–water partition coefficient (Wildman–Crippen LogP) is 4.84. The molecule has 0 spiro atoms. The number of thioether (sulfide) groups is 1. The lowest BCUT2D eigenvalue weighted by Crippen LogP contribution is -2.36. The molecule has 0 aliphatic carbocycles. The summed E-state index contributed by atoms with van der Waals surface area (Å²) >= 11 is 1.04. The van der Waals surface area contributed by atoms with Crippen molar-refractivity contribution in [3.8, 4) is 5.75 Å². The van der Waals surface area contributed by atoms with Gasteiger partial charge in [-0.1, -0.05) is 54.2 Å². The number of para-hydroxylation sites is 2. The standard InChI is InChI=1S/C23H19FN2O4S2/c1-15-14-17(12-13-18(15)24)32(28,29)26-22(27)21(16-8-4-3-5-9-16)31-23(26)25-19-10-6-7-11-20(19)30-2/h3-14,21H,1-2H3/t21-/m1/s1. The van der Waals surface area contributed by atoms with Gasteiger partial charge in [-0.25, -0.2) is 17.8 Å². The maximum Gasteiger partial charge on any atom is 0.272 e. The van der Waals surface area contributed by atoms with E-state index >= 15 is 0 Å². The average molecular weight is 471 g/mol. The van der Waals surface area contributed by atoms with Crippen LogP contribution in [0.3, 0.4) is 0 Å². The van der Waals surface area contributed by atoms with Gasteiger partial charge in [0.1, 0.15) is 22.5 Å². The minimum Gasteiger partial charge on any atom is -0.494 e. The molecule has 0 saturated carbocycles. The summed E-state index contributed by atoms with van der Waals surface area (Å²) in [7, 11) is -2.85. The van der Waals surface area contributed by atoms with E-state index in [9.17, 15) is 17.6 Å². The number of aliphatic imine (C=N–C) groups is 1. The van der Waals surface area contributed by atoms with Crippen molar-refractivity contribution in [2.24, 2.45) is 4.99 Å². The molecule has 32 heavy (non-hydrogen) atoms. The number of amidine groups is 1. The first-order chi connectivity index (χ1) is 15.3. The number of ether oxygens (including phenoxy) is 1. The Kier molecular flexibility index (Phi) is 6.03. The average Bonchev–Trinajstić information content (AvgIpc) is 3.13. The normalized spacial score (nSPS) is 17.7. The summed E-state index contributed by atoms with van der Waals surface area (Å²) in [5.74, 6) is -0.737. The lowest BCUT2D eigenvalue weighted by Gasteiger charge is -2.17. The van der Waals surface area contributed by atoms with Crippen LogP contribution in [0.1, 0.15) is 16.4 Å². The van der Waals surface area contributed by atoms with Crippen molar-refractivity contribution in [3.63, 3.8) is 0 Å². The van der Waals surface area contributed by atoms with Crippen molar-refractivity contribution in [1.29, 1.82) is 0 Å². The lowest BCUT2D eigenvalue weighted by atomic mass is 10.1. The van der Waals surface area contributed by atoms with Crippen LogP contribution in [0.2, 0.25) is 0 Å². The highest BCUT2D eigenvalue weighted by atomic mass is 32.2. The first-order valence-electron chi connectivity index (χ1n) is 9.61. The van der Waals surface area contributed by atoms with E-state index in [1.54, 1.807) is 48.5 Å². The second-order valence-corrected chi connectivity index (χ2v) is 9.85. The zero-order chi connectivity index (χ0) is 22.9. The maximum absolute atomic E-state index is 13.8. The van der Waals surface area contributed by atoms with Gasteiger partial charge < -0.3 is 4.74 Å². The Morgan fingerprint density at radius 1 is 1.03 bits per heavy atom. The molecular weight excluding hydrogens is 451 g/mol. The van der Waals surface area contributed by atoms with Gasteiger partial charge in [-0.15, -0.1) is 0 Å². The zero-order valence-corrected chi connectivity index (χ0v) is 18.9. The Balaban J connectivity index is 1.86. The van der Waals surface area contributed by atoms with Crippen LogP contribution in [0.15, 0.2) is 82.7 Å². The minimum atomic E-state index is -4.33. The summed E-state index contributed by atoms with van der Waals surface area (Å²) in [6, 6.07) is 19.2. The number of methoxy groups -OCH3 is 1. The fourth-order valence-electron chi connectivity index (χ4n) is 3.24. The van der Waals surface area contributed by atoms with Gasteiger partial charge in [-0.05, 0) is 48.4 Å². The third-order valence-electron chi connectivity index (χ3n) is 4.89. The van der Waals surface area contributed by atoms with Gasteiger partial charge in [0.2, 0.25) is 0 Å². The largest absolute Gasteiger partial charge is 0.494 e. The number of halogens is 1. The van der Waals surface area contributed by atoms with Crippen molar-refractivity contribution >= 4 is 38.5 Å². The molecule has 0 radical (unpaired) electrons. The van der Waals surface area contributed by atoms with Crippen LogP contribution >= 0.6 is 11.8 Å². The van der Waals surface area contributed by atoms with E-state index in [1.165, 1.54) is 20.1 Å². The number of sulfonamides is 1. The summed E-state index contributed by atoms with van der Waals surface area (Å²) in [6.07, 6.45) is 0.